The lowest BCUT2D eigenvalue weighted by atomic mass is 10.0. The Bertz CT molecular complexity index is 907. The molecule has 1 unspecified atom stereocenters. The maximum Gasteiger partial charge on any atom is 0.472 e. The maximum atomic E-state index is 12.6. The van der Waals surface area contributed by atoms with Crippen molar-refractivity contribution in [2.45, 2.75) is 200 Å². The van der Waals surface area contributed by atoms with Crippen molar-refractivity contribution in [3.8, 4) is 0 Å². The molecule has 0 aliphatic carbocycles. The van der Waals surface area contributed by atoms with E-state index < -0.39 is 26.5 Å². The molecule has 0 rings (SSSR count). The fourth-order valence-electron chi connectivity index (χ4n) is 5.97. The normalized spacial score (nSPS) is 13.7. The van der Waals surface area contributed by atoms with Gasteiger partial charge in [0, 0.05) is 12.5 Å². The van der Waals surface area contributed by atoms with Crippen molar-refractivity contribution in [2.24, 2.45) is 0 Å². The van der Waals surface area contributed by atoms with Crippen molar-refractivity contribution in [2.75, 3.05) is 47.5 Å². The minimum absolute atomic E-state index is 0.0256. The van der Waals surface area contributed by atoms with Gasteiger partial charge in [-0.2, -0.15) is 0 Å². The summed E-state index contributed by atoms with van der Waals surface area (Å²) < 4.78 is 34.1. The Labute approximate surface area is 320 Å². The van der Waals surface area contributed by atoms with Gasteiger partial charge in [0.25, 0.3) is 0 Å². The first kappa shape index (κ1) is 50.8. The van der Waals surface area contributed by atoms with Crippen molar-refractivity contribution >= 4 is 19.8 Å². The predicted molar refractivity (Wildman–Crippen MR) is 215 cm³/mol. The van der Waals surface area contributed by atoms with Gasteiger partial charge in [-0.05, 0) is 19.3 Å². The number of nitrogens with zero attached hydrogens (tertiary/aromatic N) is 1. The number of esters is 2. The van der Waals surface area contributed by atoms with E-state index >= 15 is 0 Å². The van der Waals surface area contributed by atoms with Crippen molar-refractivity contribution in [3.05, 3.63) is 12.2 Å². The van der Waals surface area contributed by atoms with Crippen LogP contribution in [0.25, 0.3) is 0 Å². The van der Waals surface area contributed by atoms with Crippen molar-refractivity contribution < 1.29 is 42.1 Å². The first-order chi connectivity index (χ1) is 25.0. The topological polar surface area (TPSA) is 108 Å². The van der Waals surface area contributed by atoms with Crippen LogP contribution in [-0.4, -0.2) is 74.9 Å². The Morgan fingerprint density at radius 2 is 1.04 bits per heavy atom. The third kappa shape index (κ3) is 38.5. The van der Waals surface area contributed by atoms with Crippen LogP contribution in [0.1, 0.15) is 194 Å². The van der Waals surface area contributed by atoms with Gasteiger partial charge >= 0.3 is 19.8 Å². The van der Waals surface area contributed by atoms with Gasteiger partial charge in [0.05, 0.1) is 27.7 Å². The summed E-state index contributed by atoms with van der Waals surface area (Å²) in [6.45, 7) is 4.36. The van der Waals surface area contributed by atoms with E-state index in [9.17, 15) is 19.0 Å². The van der Waals surface area contributed by atoms with Crippen LogP contribution in [0.5, 0.6) is 0 Å². The van der Waals surface area contributed by atoms with Crippen LogP contribution in [0.4, 0.5) is 0 Å². The molecular weight excluding hydrogens is 677 g/mol. The molecule has 10 heteroatoms. The molecule has 0 saturated carbocycles. The SMILES string of the molecule is CCCCCCCCCCCCCCCC=CC(=O)O[C@H](COC(=O)CCCCCCCCCCCCCCC)COP(=O)(O)OCC[N+](C)(C)C. The summed E-state index contributed by atoms with van der Waals surface area (Å²) in [6.07, 6.45) is 35.8. The lowest BCUT2D eigenvalue weighted by molar-refractivity contribution is -0.870. The Balaban J connectivity index is 4.41. The van der Waals surface area contributed by atoms with E-state index in [1.807, 2.05) is 21.1 Å². The molecule has 0 fully saturated rings. The molecule has 0 radical (unpaired) electrons. The van der Waals surface area contributed by atoms with Gasteiger partial charge in [-0.15, -0.1) is 0 Å². The van der Waals surface area contributed by atoms with Crippen LogP contribution in [0.3, 0.4) is 0 Å². The van der Waals surface area contributed by atoms with Crippen LogP contribution < -0.4 is 0 Å². The zero-order valence-corrected chi connectivity index (χ0v) is 35.5. The van der Waals surface area contributed by atoms with Crippen LogP contribution in [0.2, 0.25) is 0 Å². The van der Waals surface area contributed by atoms with Gasteiger partial charge in [0.15, 0.2) is 6.10 Å². The number of phosphoric acid groups is 1. The number of ether oxygens (including phenoxy) is 2. The average Bonchev–Trinajstić information content (AvgIpc) is 3.09. The van der Waals surface area contributed by atoms with Crippen LogP contribution in [0.15, 0.2) is 12.2 Å². The molecule has 308 valence electrons. The van der Waals surface area contributed by atoms with Gasteiger partial charge in [0.1, 0.15) is 19.8 Å². The zero-order chi connectivity index (χ0) is 38.6. The Morgan fingerprint density at radius 1 is 0.615 bits per heavy atom. The summed E-state index contributed by atoms with van der Waals surface area (Å²) in [7, 11) is 1.45. The lowest BCUT2D eigenvalue weighted by Crippen LogP contribution is -2.37. The second kappa shape index (κ2) is 35.5. The Kier molecular flexibility index (Phi) is 34.6. The average molecular weight is 761 g/mol. The molecule has 0 aromatic rings. The van der Waals surface area contributed by atoms with Crippen molar-refractivity contribution in [1.29, 1.82) is 0 Å². The van der Waals surface area contributed by atoms with Crippen molar-refractivity contribution in [1.82, 2.24) is 0 Å². The standard InChI is InChI=1S/C42H82NO8P/c1-6-8-10-12-14-16-18-20-21-23-25-27-29-31-33-35-42(45)51-40(39-50-52(46,47)49-37-36-43(3,4)5)38-48-41(44)34-32-30-28-26-24-22-19-17-15-13-11-9-7-2/h33,35,40H,6-32,34,36-39H2,1-5H3/p+1/t40-/m1/s1. The summed E-state index contributed by atoms with van der Waals surface area (Å²) in [6, 6.07) is 0. The minimum Gasteiger partial charge on any atom is -0.462 e. The number of hydrogen-bond acceptors (Lipinski definition) is 7. The zero-order valence-electron chi connectivity index (χ0n) is 34.6. The molecule has 1 N–H and O–H groups in total. The van der Waals surface area contributed by atoms with Gasteiger partial charge in [-0.1, -0.05) is 174 Å². The van der Waals surface area contributed by atoms with E-state index in [-0.39, 0.29) is 25.6 Å². The molecule has 0 amide bonds. The number of hydrogen-bond donors (Lipinski definition) is 1. The molecular formula is C42H83NO8P+. The lowest BCUT2D eigenvalue weighted by Gasteiger charge is -2.24. The second-order valence-electron chi connectivity index (χ2n) is 15.8. The summed E-state index contributed by atoms with van der Waals surface area (Å²) >= 11 is 0. The number of phosphoric ester groups is 1. The van der Waals surface area contributed by atoms with Gasteiger partial charge in [0.2, 0.25) is 0 Å². The maximum absolute atomic E-state index is 12.6. The number of likely N-dealkylation sites (N-methyl/N-ethyl adjacent to an activating group) is 1. The van der Waals surface area contributed by atoms with E-state index in [0.717, 1.165) is 38.5 Å². The third-order valence-corrected chi connectivity index (χ3v) is 10.4. The van der Waals surface area contributed by atoms with E-state index in [4.69, 9.17) is 18.5 Å². The molecule has 52 heavy (non-hydrogen) atoms. The molecule has 0 aliphatic heterocycles. The van der Waals surface area contributed by atoms with Gasteiger partial charge in [-0.25, -0.2) is 9.36 Å². The molecule has 0 saturated heterocycles. The molecule has 0 aromatic heterocycles. The van der Waals surface area contributed by atoms with Gasteiger partial charge in [-0.3, -0.25) is 13.8 Å². The summed E-state index contributed by atoms with van der Waals surface area (Å²) in [5, 5.41) is 0. The highest BCUT2D eigenvalue weighted by atomic mass is 31.2. The molecule has 2 atom stereocenters. The molecule has 0 bridgehead atoms. The molecule has 0 aromatic carbocycles. The molecule has 9 nitrogen and oxygen atoms in total. The van der Waals surface area contributed by atoms with E-state index in [1.165, 1.54) is 141 Å². The highest BCUT2D eigenvalue weighted by Gasteiger charge is 2.26. The number of allylic oxidation sites excluding steroid dienone is 1. The van der Waals surface area contributed by atoms with Crippen LogP contribution in [-0.2, 0) is 32.7 Å². The Hall–Kier alpha value is -1.25. The largest absolute Gasteiger partial charge is 0.472 e. The predicted octanol–water partition coefficient (Wildman–Crippen LogP) is 11.8. The van der Waals surface area contributed by atoms with E-state index in [1.54, 1.807) is 6.08 Å². The quantitative estimate of drug-likeness (QED) is 0.0217. The highest BCUT2D eigenvalue weighted by molar-refractivity contribution is 7.47. The first-order valence-electron chi connectivity index (χ1n) is 21.4. The first-order valence-corrected chi connectivity index (χ1v) is 22.9. The number of carbonyl (C=O) groups excluding carboxylic acids is 2. The smallest absolute Gasteiger partial charge is 0.462 e. The highest BCUT2D eigenvalue weighted by Crippen LogP contribution is 2.43. The molecule has 0 heterocycles. The van der Waals surface area contributed by atoms with Crippen molar-refractivity contribution in [3.63, 3.8) is 0 Å². The van der Waals surface area contributed by atoms with E-state index in [0.29, 0.717) is 11.0 Å². The van der Waals surface area contributed by atoms with Crippen LogP contribution in [0, 0.1) is 0 Å². The van der Waals surface area contributed by atoms with Crippen LogP contribution >= 0.6 is 7.82 Å². The third-order valence-electron chi connectivity index (χ3n) is 9.37. The Morgan fingerprint density at radius 3 is 1.48 bits per heavy atom. The van der Waals surface area contributed by atoms with Gasteiger partial charge < -0.3 is 18.9 Å². The molecule has 0 spiro atoms. The molecule has 0 aliphatic rings. The number of quaternary nitrogens is 1. The summed E-state index contributed by atoms with van der Waals surface area (Å²) in [4.78, 5) is 35.2. The summed E-state index contributed by atoms with van der Waals surface area (Å²) in [5.41, 5.74) is 0. The van der Waals surface area contributed by atoms with E-state index in [2.05, 4.69) is 13.8 Å². The number of rotatable bonds is 39. The second-order valence-corrected chi connectivity index (χ2v) is 17.2. The fraction of sp³-hybridized carbons (Fsp3) is 0.905. The number of unbranched alkanes of at least 4 members (excludes halogenated alkanes) is 25. The fourth-order valence-corrected chi connectivity index (χ4v) is 6.71. The number of carbonyl (C=O) groups is 2. The monoisotopic (exact) mass is 761 g/mol. The summed E-state index contributed by atoms with van der Waals surface area (Å²) in [5.74, 6) is -0.983. The minimum atomic E-state index is -4.38.